The van der Waals surface area contributed by atoms with Gasteiger partial charge in [-0.3, -0.25) is 10.1 Å². The van der Waals surface area contributed by atoms with Crippen LogP contribution in [-0.2, 0) is 0 Å². The Balaban J connectivity index is 2.83. The van der Waals surface area contributed by atoms with Gasteiger partial charge in [0.2, 0.25) is 0 Å². The first-order valence-corrected chi connectivity index (χ1v) is 4.53. The Labute approximate surface area is 88.3 Å². The zero-order valence-corrected chi connectivity index (χ0v) is 8.82. The van der Waals surface area contributed by atoms with Crippen molar-refractivity contribution in [1.29, 1.82) is 0 Å². The molecule has 0 aliphatic heterocycles. The maximum absolute atomic E-state index is 10.5. The lowest BCUT2D eigenvalue weighted by Gasteiger charge is -2.08. The minimum Gasteiger partial charge on any atom is -0.489 e. The highest BCUT2D eigenvalue weighted by atomic mass is 16.6. The van der Waals surface area contributed by atoms with Gasteiger partial charge in [-0.1, -0.05) is 6.58 Å². The predicted octanol–water partition coefficient (Wildman–Crippen LogP) is 2.86. The van der Waals surface area contributed by atoms with Crippen molar-refractivity contribution in [3.05, 3.63) is 46.0 Å². The number of ether oxygens (including phenoxy) is 1. The van der Waals surface area contributed by atoms with Crippen molar-refractivity contribution in [1.82, 2.24) is 0 Å². The van der Waals surface area contributed by atoms with E-state index in [-0.39, 0.29) is 5.69 Å². The van der Waals surface area contributed by atoms with E-state index < -0.39 is 4.92 Å². The molecule has 0 saturated carbocycles. The third-order valence-corrected chi connectivity index (χ3v) is 1.84. The zero-order valence-electron chi connectivity index (χ0n) is 8.82. The normalized spacial score (nSPS) is 9.73. The lowest BCUT2D eigenvalue weighted by atomic mass is 10.2. The number of hydrogen-bond acceptors (Lipinski definition) is 3. The van der Waals surface area contributed by atoms with E-state index in [9.17, 15) is 10.1 Å². The topological polar surface area (TPSA) is 52.4 Å². The molecule has 0 radical (unpaired) electrons. The Morgan fingerprint density at radius 3 is 2.73 bits per heavy atom. The van der Waals surface area contributed by atoms with Gasteiger partial charge in [0.25, 0.3) is 5.69 Å². The Morgan fingerprint density at radius 1 is 1.60 bits per heavy atom. The van der Waals surface area contributed by atoms with E-state index in [1.54, 1.807) is 13.0 Å². The molecule has 0 aromatic heterocycles. The molecule has 0 unspecified atom stereocenters. The third kappa shape index (κ3) is 3.09. The number of nitro benzene ring substituents is 1. The van der Waals surface area contributed by atoms with Gasteiger partial charge in [0.1, 0.15) is 12.4 Å². The van der Waals surface area contributed by atoms with E-state index in [1.807, 2.05) is 6.92 Å². The van der Waals surface area contributed by atoms with Crippen LogP contribution in [0.1, 0.15) is 12.5 Å². The van der Waals surface area contributed by atoms with Crippen LogP contribution in [-0.4, -0.2) is 11.5 Å². The Kier molecular flexibility index (Phi) is 3.44. The second-order valence-corrected chi connectivity index (χ2v) is 3.45. The van der Waals surface area contributed by atoms with Gasteiger partial charge in [-0.25, -0.2) is 0 Å². The van der Waals surface area contributed by atoms with Crippen molar-refractivity contribution < 1.29 is 9.66 Å². The number of non-ortho nitro benzene ring substituents is 1. The molecule has 0 heterocycles. The van der Waals surface area contributed by atoms with Crippen LogP contribution in [0.2, 0.25) is 0 Å². The summed E-state index contributed by atoms with van der Waals surface area (Å²) < 4.78 is 5.41. The molecule has 80 valence electrons. The van der Waals surface area contributed by atoms with Crippen molar-refractivity contribution >= 4 is 5.69 Å². The van der Waals surface area contributed by atoms with Crippen molar-refractivity contribution in [2.24, 2.45) is 0 Å². The molecule has 0 fully saturated rings. The van der Waals surface area contributed by atoms with Gasteiger partial charge in [0.15, 0.2) is 0 Å². The smallest absolute Gasteiger partial charge is 0.269 e. The lowest BCUT2D eigenvalue weighted by Crippen LogP contribution is -1.99. The van der Waals surface area contributed by atoms with Gasteiger partial charge in [0.05, 0.1) is 4.92 Å². The van der Waals surface area contributed by atoms with Crippen LogP contribution < -0.4 is 4.74 Å². The molecule has 4 heteroatoms. The van der Waals surface area contributed by atoms with Gasteiger partial charge in [-0.15, -0.1) is 0 Å². The molecule has 0 aliphatic rings. The number of nitrogens with zero attached hydrogens (tertiary/aromatic N) is 1. The standard InChI is InChI=1S/C11H13NO3/c1-8(2)7-15-11-5-4-10(12(13)14)6-9(11)3/h4-6H,1,7H2,2-3H3. The first kappa shape index (κ1) is 11.2. The molecule has 0 atom stereocenters. The van der Waals surface area contributed by atoms with Gasteiger partial charge >= 0.3 is 0 Å². The Hall–Kier alpha value is -1.84. The van der Waals surface area contributed by atoms with Crippen LogP contribution in [0.15, 0.2) is 30.4 Å². The first-order valence-electron chi connectivity index (χ1n) is 4.53. The minimum absolute atomic E-state index is 0.0789. The largest absolute Gasteiger partial charge is 0.489 e. The quantitative estimate of drug-likeness (QED) is 0.433. The lowest BCUT2D eigenvalue weighted by molar-refractivity contribution is -0.384. The molecule has 1 rings (SSSR count). The number of benzene rings is 1. The molecule has 1 aromatic carbocycles. The highest BCUT2D eigenvalue weighted by Gasteiger charge is 2.08. The summed E-state index contributed by atoms with van der Waals surface area (Å²) in [5.74, 6) is 0.656. The predicted molar refractivity (Wildman–Crippen MR) is 58.1 cm³/mol. The van der Waals surface area contributed by atoms with Crippen LogP contribution in [0.3, 0.4) is 0 Å². The molecule has 4 nitrogen and oxygen atoms in total. The van der Waals surface area contributed by atoms with Crippen LogP contribution in [0.25, 0.3) is 0 Å². The molecule has 0 spiro atoms. The number of nitro groups is 1. The van der Waals surface area contributed by atoms with Gasteiger partial charge in [-0.05, 0) is 31.1 Å². The molecule has 0 aliphatic carbocycles. The molecular formula is C11H13NO3. The number of hydrogen-bond donors (Lipinski definition) is 0. The molecular weight excluding hydrogens is 194 g/mol. The second-order valence-electron chi connectivity index (χ2n) is 3.45. The number of rotatable bonds is 4. The average Bonchev–Trinajstić information content (AvgIpc) is 2.15. The van der Waals surface area contributed by atoms with E-state index in [4.69, 9.17) is 4.74 Å². The summed E-state index contributed by atoms with van der Waals surface area (Å²) in [6, 6.07) is 4.53. The van der Waals surface area contributed by atoms with Crippen LogP contribution in [0.5, 0.6) is 5.75 Å². The fraction of sp³-hybridized carbons (Fsp3) is 0.273. The average molecular weight is 207 g/mol. The van der Waals surface area contributed by atoms with Crippen LogP contribution in [0.4, 0.5) is 5.69 Å². The summed E-state index contributed by atoms with van der Waals surface area (Å²) >= 11 is 0. The SMILES string of the molecule is C=C(C)COc1ccc([N+](=O)[O-])cc1C. The van der Waals surface area contributed by atoms with E-state index in [2.05, 4.69) is 6.58 Å². The summed E-state index contributed by atoms with van der Waals surface area (Å²) in [5.41, 5.74) is 1.74. The second kappa shape index (κ2) is 4.59. The summed E-state index contributed by atoms with van der Waals surface area (Å²) in [6.45, 7) is 7.78. The fourth-order valence-electron chi connectivity index (χ4n) is 1.11. The van der Waals surface area contributed by atoms with Crippen molar-refractivity contribution in [2.75, 3.05) is 6.61 Å². The van der Waals surface area contributed by atoms with Gasteiger partial charge in [-0.2, -0.15) is 0 Å². The molecule has 0 saturated heterocycles. The third-order valence-electron chi connectivity index (χ3n) is 1.84. The van der Waals surface area contributed by atoms with Gasteiger partial charge in [0, 0.05) is 12.1 Å². The molecule has 15 heavy (non-hydrogen) atoms. The summed E-state index contributed by atoms with van der Waals surface area (Å²) in [6.07, 6.45) is 0. The minimum atomic E-state index is -0.421. The summed E-state index contributed by atoms with van der Waals surface area (Å²) in [7, 11) is 0. The van der Waals surface area contributed by atoms with E-state index in [0.29, 0.717) is 12.4 Å². The highest BCUT2D eigenvalue weighted by molar-refractivity contribution is 5.43. The zero-order chi connectivity index (χ0) is 11.4. The Morgan fingerprint density at radius 2 is 2.27 bits per heavy atom. The van der Waals surface area contributed by atoms with Crippen molar-refractivity contribution in [3.8, 4) is 5.75 Å². The van der Waals surface area contributed by atoms with Gasteiger partial charge < -0.3 is 4.74 Å². The molecule has 1 aromatic rings. The maximum atomic E-state index is 10.5. The van der Waals surface area contributed by atoms with E-state index in [1.165, 1.54) is 12.1 Å². The highest BCUT2D eigenvalue weighted by Crippen LogP contribution is 2.23. The Bertz CT molecular complexity index is 399. The molecule has 0 N–H and O–H groups in total. The van der Waals surface area contributed by atoms with E-state index >= 15 is 0 Å². The summed E-state index contributed by atoms with van der Waals surface area (Å²) in [4.78, 5) is 10.1. The first-order chi connectivity index (χ1) is 7.00. The van der Waals surface area contributed by atoms with Crippen molar-refractivity contribution in [2.45, 2.75) is 13.8 Å². The van der Waals surface area contributed by atoms with Crippen molar-refractivity contribution in [3.63, 3.8) is 0 Å². The monoisotopic (exact) mass is 207 g/mol. The fourth-order valence-corrected chi connectivity index (χ4v) is 1.11. The maximum Gasteiger partial charge on any atom is 0.269 e. The number of aryl methyl sites for hydroxylation is 1. The van der Waals surface area contributed by atoms with Crippen LogP contribution >= 0.6 is 0 Å². The van der Waals surface area contributed by atoms with E-state index in [0.717, 1.165) is 11.1 Å². The van der Waals surface area contributed by atoms with Crippen LogP contribution in [0, 0.1) is 17.0 Å². The molecule has 0 amide bonds. The molecule has 0 bridgehead atoms. The summed E-state index contributed by atoms with van der Waals surface area (Å²) in [5, 5.41) is 10.5.